The van der Waals surface area contributed by atoms with E-state index in [1.807, 2.05) is 31.2 Å². The van der Waals surface area contributed by atoms with Crippen LogP contribution in [-0.2, 0) is 30.3 Å². The zero-order chi connectivity index (χ0) is 23.5. The van der Waals surface area contributed by atoms with E-state index >= 15 is 0 Å². The number of rotatable bonds is 2. The average molecular weight is 619 g/mol. The Morgan fingerprint density at radius 1 is 1.03 bits per heavy atom. The molecule has 1 aromatic heterocycles. The number of fused-ring (bicyclic) bond motifs is 2. The van der Waals surface area contributed by atoms with Gasteiger partial charge < -0.3 is 5.11 Å². The molecule has 1 N–H and O–H groups in total. The number of aliphatic hydroxyl groups is 1. The van der Waals surface area contributed by atoms with Crippen molar-refractivity contribution in [3.05, 3.63) is 77.6 Å². The van der Waals surface area contributed by atoms with Gasteiger partial charge >= 0.3 is 0 Å². The first-order valence-corrected chi connectivity index (χ1v) is 10.5. The van der Waals surface area contributed by atoms with Gasteiger partial charge in [0.1, 0.15) is 11.3 Å². The Balaban J connectivity index is 0.000000423. The number of carbonyl (C=O) groups is 1. The third kappa shape index (κ3) is 6.53. The molecular weight excluding hydrogens is 591 g/mol. The Bertz CT molecular complexity index is 1320. The smallest absolute Gasteiger partial charge is 0.155 e. The fraction of sp³-hybridized carbons (Fsp3) is 0.259. The Morgan fingerprint density at radius 3 is 2.33 bits per heavy atom. The van der Waals surface area contributed by atoms with Gasteiger partial charge in [0.15, 0.2) is 5.78 Å². The molecule has 33 heavy (non-hydrogen) atoms. The molecule has 1 radical (unpaired) electrons. The number of para-hydroxylation sites is 1. The van der Waals surface area contributed by atoms with E-state index in [1.54, 1.807) is 0 Å². The van der Waals surface area contributed by atoms with Crippen molar-refractivity contribution in [1.82, 2.24) is 15.2 Å². The molecule has 0 aliphatic carbocycles. The maximum absolute atomic E-state index is 10.0. The zero-order valence-electron chi connectivity index (χ0n) is 19.7. The fourth-order valence-corrected chi connectivity index (χ4v) is 3.48. The van der Waals surface area contributed by atoms with E-state index in [0.29, 0.717) is 5.82 Å². The van der Waals surface area contributed by atoms with Crippen LogP contribution in [0.4, 0.5) is 0 Å². The van der Waals surface area contributed by atoms with E-state index in [1.165, 1.54) is 30.9 Å². The first kappa shape index (κ1) is 26.3. The number of carbonyl (C=O) groups excluding carboxylic acids is 1. The maximum atomic E-state index is 10.0. The van der Waals surface area contributed by atoms with E-state index in [9.17, 15) is 4.79 Å². The normalized spacial score (nSPS) is 11.5. The number of allylic oxidation sites excluding steroid dienone is 2. The Hall–Kier alpha value is -2.95. The predicted molar refractivity (Wildman–Crippen MR) is 130 cm³/mol. The zero-order valence-corrected chi connectivity index (χ0v) is 22.1. The van der Waals surface area contributed by atoms with Crippen LogP contribution in [0.25, 0.3) is 33.2 Å². The monoisotopic (exact) mass is 619 g/mol. The second kappa shape index (κ2) is 10.8. The second-order valence-electron chi connectivity index (χ2n) is 8.87. The summed E-state index contributed by atoms with van der Waals surface area (Å²) in [5.41, 5.74) is 4.99. The summed E-state index contributed by atoms with van der Waals surface area (Å²) in [6.07, 6.45) is 1.17. The van der Waals surface area contributed by atoms with Crippen molar-refractivity contribution in [2.24, 2.45) is 0 Å². The van der Waals surface area contributed by atoms with Gasteiger partial charge in [-0.1, -0.05) is 62.1 Å². The first-order valence-electron chi connectivity index (χ1n) is 10.5. The fourth-order valence-electron chi connectivity index (χ4n) is 3.48. The summed E-state index contributed by atoms with van der Waals surface area (Å²) in [4.78, 5) is 14.8. The van der Waals surface area contributed by atoms with Crippen LogP contribution in [0, 0.1) is 13.0 Å². The molecule has 0 spiro atoms. The Morgan fingerprint density at radius 2 is 1.73 bits per heavy atom. The number of ketones is 1. The van der Waals surface area contributed by atoms with Crippen molar-refractivity contribution >= 4 is 27.6 Å². The molecule has 0 aliphatic rings. The number of aryl methyl sites for hydroxylation is 1. The van der Waals surface area contributed by atoms with Crippen molar-refractivity contribution < 1.29 is 30.0 Å². The van der Waals surface area contributed by atoms with Crippen LogP contribution in [0.3, 0.4) is 0 Å². The van der Waals surface area contributed by atoms with Crippen molar-refractivity contribution in [3.8, 4) is 11.4 Å². The SMILES string of the molecule is CC(=O)C=C(C)O.Cc1cccc2nnc(-c3[c-]c4ccccc4c(C(C)(C)C)c3)nc12.[Ir]. The Labute approximate surface area is 208 Å². The second-order valence-corrected chi connectivity index (χ2v) is 8.87. The summed E-state index contributed by atoms with van der Waals surface area (Å²) in [5.74, 6) is 0.561. The standard InChI is InChI=1S/C22H20N3.C5H8O2.Ir/c1-14-8-7-11-19-20(14)23-21(25-24-19)16-12-15-9-5-6-10-17(15)18(13-16)22(2,3)4;1-4(6)3-5(2)7;/h5-11,13H,1-4H3;3,6H,1-2H3;/q-1;;. The van der Waals surface area contributed by atoms with Crippen LogP contribution in [0.5, 0.6) is 0 Å². The molecule has 0 aliphatic heterocycles. The number of aliphatic hydroxyl groups excluding tert-OH is 1. The van der Waals surface area contributed by atoms with Crippen LogP contribution in [-0.4, -0.2) is 26.1 Å². The van der Waals surface area contributed by atoms with E-state index in [-0.39, 0.29) is 37.1 Å². The number of hydrogen-bond acceptors (Lipinski definition) is 5. The van der Waals surface area contributed by atoms with Gasteiger partial charge in [0.25, 0.3) is 0 Å². The molecule has 4 rings (SSSR count). The van der Waals surface area contributed by atoms with Crippen LogP contribution in [0.2, 0.25) is 0 Å². The van der Waals surface area contributed by atoms with E-state index < -0.39 is 0 Å². The maximum Gasteiger partial charge on any atom is 0.155 e. The summed E-state index contributed by atoms with van der Waals surface area (Å²) < 4.78 is 0. The van der Waals surface area contributed by atoms with Gasteiger partial charge in [-0.25, -0.2) is 0 Å². The van der Waals surface area contributed by atoms with Gasteiger partial charge in [-0.15, -0.1) is 29.1 Å². The molecule has 173 valence electrons. The van der Waals surface area contributed by atoms with Crippen LogP contribution >= 0.6 is 0 Å². The van der Waals surface area contributed by atoms with Crippen LogP contribution in [0.15, 0.2) is 60.4 Å². The van der Waals surface area contributed by atoms with E-state index in [0.717, 1.165) is 27.5 Å². The number of benzene rings is 3. The van der Waals surface area contributed by atoms with Crippen LogP contribution in [0.1, 0.15) is 45.7 Å². The Kier molecular flexibility index (Phi) is 8.59. The van der Waals surface area contributed by atoms with Gasteiger partial charge in [-0.3, -0.25) is 9.78 Å². The quantitative estimate of drug-likeness (QED) is 0.163. The third-order valence-electron chi connectivity index (χ3n) is 4.92. The van der Waals surface area contributed by atoms with Crippen LogP contribution < -0.4 is 0 Å². The predicted octanol–water partition coefficient (Wildman–Crippen LogP) is 6.29. The topological polar surface area (TPSA) is 76.0 Å². The molecule has 3 aromatic carbocycles. The summed E-state index contributed by atoms with van der Waals surface area (Å²) in [5, 5.41) is 19.4. The third-order valence-corrected chi connectivity index (χ3v) is 4.92. The molecule has 0 bridgehead atoms. The first-order chi connectivity index (χ1) is 15.1. The number of nitrogens with zero attached hydrogens (tertiary/aromatic N) is 3. The largest absolute Gasteiger partial charge is 0.512 e. The minimum atomic E-state index is -0.125. The molecule has 5 nitrogen and oxygen atoms in total. The molecule has 0 amide bonds. The number of aromatic nitrogens is 3. The molecule has 0 saturated heterocycles. The van der Waals surface area contributed by atoms with Crippen molar-refractivity contribution in [2.75, 3.05) is 0 Å². The minimum absolute atomic E-state index is 0. The van der Waals surface area contributed by atoms with E-state index in [2.05, 4.69) is 61.3 Å². The molecule has 6 heteroatoms. The number of hydrogen-bond donors (Lipinski definition) is 1. The van der Waals surface area contributed by atoms with Gasteiger partial charge in [-0.05, 0) is 37.8 Å². The molecule has 0 atom stereocenters. The molecular formula is C27H28IrN3O2-. The van der Waals surface area contributed by atoms with Gasteiger partial charge in [0.05, 0.1) is 11.3 Å². The van der Waals surface area contributed by atoms with Crippen molar-refractivity contribution in [3.63, 3.8) is 0 Å². The van der Waals surface area contributed by atoms with Gasteiger partial charge in [0, 0.05) is 26.2 Å². The minimum Gasteiger partial charge on any atom is -0.512 e. The van der Waals surface area contributed by atoms with Gasteiger partial charge in [0.2, 0.25) is 0 Å². The molecule has 1 heterocycles. The molecule has 4 aromatic rings. The summed E-state index contributed by atoms with van der Waals surface area (Å²) in [6, 6.07) is 20.0. The van der Waals surface area contributed by atoms with Gasteiger partial charge in [-0.2, -0.15) is 10.2 Å². The van der Waals surface area contributed by atoms with E-state index in [4.69, 9.17) is 10.1 Å². The molecule has 0 fully saturated rings. The summed E-state index contributed by atoms with van der Waals surface area (Å²) >= 11 is 0. The summed E-state index contributed by atoms with van der Waals surface area (Å²) in [7, 11) is 0. The average Bonchev–Trinajstić information content (AvgIpc) is 2.72. The summed E-state index contributed by atoms with van der Waals surface area (Å²) in [6.45, 7) is 11.6. The molecule has 0 saturated carbocycles. The van der Waals surface area contributed by atoms with Crippen molar-refractivity contribution in [1.29, 1.82) is 0 Å². The van der Waals surface area contributed by atoms with Crippen molar-refractivity contribution in [2.45, 2.75) is 47.0 Å². The molecule has 0 unspecified atom stereocenters.